The van der Waals surface area contributed by atoms with Gasteiger partial charge in [-0.3, -0.25) is 16.3 Å². The number of hydrogen-bond acceptors (Lipinski definition) is 2. The Morgan fingerprint density at radius 3 is 2.33 bits per heavy atom. The van der Waals surface area contributed by atoms with E-state index in [2.05, 4.69) is 71.9 Å². The molecule has 0 spiro atoms. The minimum atomic E-state index is -0.0840. The van der Waals surface area contributed by atoms with E-state index in [9.17, 15) is 0 Å². The summed E-state index contributed by atoms with van der Waals surface area (Å²) in [6.07, 6.45) is 0.977. The Kier molecular flexibility index (Phi) is 5.94. The molecule has 0 saturated heterocycles. The van der Waals surface area contributed by atoms with Crippen molar-refractivity contribution in [1.29, 1.82) is 0 Å². The van der Waals surface area contributed by atoms with Gasteiger partial charge in [-0.1, -0.05) is 57.9 Å². The maximum absolute atomic E-state index is 4.80. The van der Waals surface area contributed by atoms with Crippen molar-refractivity contribution < 1.29 is 20.1 Å². The smallest absolute Gasteiger partial charge is 0.0498 e. The third kappa shape index (κ3) is 4.03. The summed E-state index contributed by atoms with van der Waals surface area (Å²) < 4.78 is 0. The molecule has 2 aromatic rings. The zero-order chi connectivity index (χ0) is 15.0. The number of nitrogens with zero attached hydrogens (tertiary/aromatic N) is 1. The number of hydrogen-bond donors (Lipinski definition) is 0. The SMILES string of the molecule is CCc1cccc(C(C)(C)c2[c-]cc(C(C)(C)C)s2)n1.[Ir]. The normalized spacial score (nSPS) is 12.1. The van der Waals surface area contributed by atoms with E-state index in [1.807, 2.05) is 11.3 Å². The molecule has 0 N–H and O–H groups in total. The quantitative estimate of drug-likeness (QED) is 0.558. The molecule has 0 aromatic carbocycles. The largest absolute Gasteiger partial charge is 0.265 e. The number of pyridine rings is 1. The first-order chi connectivity index (χ1) is 9.25. The fraction of sp³-hybridized carbons (Fsp3) is 0.500. The summed E-state index contributed by atoms with van der Waals surface area (Å²) in [5.41, 5.74) is 2.40. The van der Waals surface area contributed by atoms with Crippen molar-refractivity contribution in [2.45, 2.75) is 58.8 Å². The van der Waals surface area contributed by atoms with E-state index in [-0.39, 0.29) is 30.9 Å². The molecular weight excluding hydrogens is 454 g/mol. The summed E-state index contributed by atoms with van der Waals surface area (Å²) in [6, 6.07) is 11.9. The molecule has 0 saturated carbocycles. The summed E-state index contributed by atoms with van der Waals surface area (Å²) in [6.45, 7) is 13.4. The summed E-state index contributed by atoms with van der Waals surface area (Å²) in [7, 11) is 0. The van der Waals surface area contributed by atoms with Crippen molar-refractivity contribution in [3.8, 4) is 0 Å². The Morgan fingerprint density at radius 2 is 1.81 bits per heavy atom. The molecule has 2 aromatic heterocycles. The molecule has 2 rings (SSSR count). The molecule has 0 fully saturated rings. The van der Waals surface area contributed by atoms with Crippen LogP contribution >= 0.6 is 11.3 Å². The Hall–Kier alpha value is -0.501. The second kappa shape index (κ2) is 6.73. The van der Waals surface area contributed by atoms with Crippen molar-refractivity contribution in [2.75, 3.05) is 0 Å². The van der Waals surface area contributed by atoms with Crippen LogP contribution in [-0.2, 0) is 37.4 Å². The monoisotopic (exact) mass is 479 g/mol. The van der Waals surface area contributed by atoms with Crippen LogP contribution in [0.4, 0.5) is 0 Å². The predicted octanol–water partition coefficient (Wildman–Crippen LogP) is 5.13. The predicted molar refractivity (Wildman–Crippen MR) is 87.6 cm³/mol. The minimum absolute atomic E-state index is 0. The van der Waals surface area contributed by atoms with E-state index < -0.39 is 0 Å². The molecular formula is C18H24IrNS-. The van der Waals surface area contributed by atoms with Gasteiger partial charge in [0.15, 0.2) is 0 Å². The molecule has 0 aliphatic rings. The Balaban J connectivity index is 0.00000220. The second-order valence-electron chi connectivity index (χ2n) is 6.83. The van der Waals surface area contributed by atoms with Crippen molar-refractivity contribution >= 4 is 11.3 Å². The molecule has 0 aliphatic heterocycles. The van der Waals surface area contributed by atoms with Crippen molar-refractivity contribution in [3.05, 3.63) is 51.5 Å². The van der Waals surface area contributed by atoms with E-state index >= 15 is 0 Å². The topological polar surface area (TPSA) is 12.9 Å². The van der Waals surface area contributed by atoms with Gasteiger partial charge in [-0.05, 0) is 18.6 Å². The maximum Gasteiger partial charge on any atom is 0.0498 e. The van der Waals surface area contributed by atoms with Gasteiger partial charge in [-0.25, -0.2) is 12.1 Å². The van der Waals surface area contributed by atoms with Crippen LogP contribution in [0.25, 0.3) is 0 Å². The van der Waals surface area contributed by atoms with Gasteiger partial charge in [-0.2, -0.15) is 0 Å². The summed E-state index contributed by atoms with van der Waals surface area (Å²) in [5, 5.41) is 0. The zero-order valence-electron chi connectivity index (χ0n) is 13.7. The Bertz CT molecular complexity index is 593. The van der Waals surface area contributed by atoms with Crippen LogP contribution in [0.1, 0.15) is 62.7 Å². The van der Waals surface area contributed by atoms with Crippen LogP contribution in [0.15, 0.2) is 24.3 Å². The molecule has 0 atom stereocenters. The van der Waals surface area contributed by atoms with E-state index in [1.165, 1.54) is 9.75 Å². The number of aromatic nitrogens is 1. The van der Waals surface area contributed by atoms with Gasteiger partial charge in [0.2, 0.25) is 0 Å². The van der Waals surface area contributed by atoms with E-state index in [4.69, 9.17) is 4.98 Å². The molecule has 2 heterocycles. The molecule has 0 unspecified atom stereocenters. The average Bonchev–Trinajstić information content (AvgIpc) is 2.89. The first kappa shape index (κ1) is 18.5. The molecule has 21 heavy (non-hydrogen) atoms. The van der Waals surface area contributed by atoms with Crippen LogP contribution in [0.5, 0.6) is 0 Å². The Labute approximate surface area is 146 Å². The molecule has 1 radical (unpaired) electrons. The van der Waals surface area contributed by atoms with E-state index in [0.29, 0.717) is 0 Å². The number of aryl methyl sites for hydroxylation is 1. The first-order valence-electron chi connectivity index (χ1n) is 7.24. The van der Waals surface area contributed by atoms with Crippen LogP contribution in [0, 0.1) is 6.07 Å². The van der Waals surface area contributed by atoms with Crippen LogP contribution in [0.3, 0.4) is 0 Å². The summed E-state index contributed by atoms with van der Waals surface area (Å²) in [5.74, 6) is 0. The van der Waals surface area contributed by atoms with Gasteiger partial charge in [-0.15, -0.1) is 4.88 Å². The standard InChI is InChI=1S/C18H24NS.Ir/c1-7-13-9-8-10-14(19-13)18(5,6)16-12-11-15(20-16)17(2,3)4;/h8-11H,7H2,1-6H3;/q-1;. The molecule has 0 amide bonds. The van der Waals surface area contributed by atoms with Gasteiger partial charge in [0.05, 0.1) is 0 Å². The first-order valence-corrected chi connectivity index (χ1v) is 8.05. The van der Waals surface area contributed by atoms with Crippen molar-refractivity contribution in [3.63, 3.8) is 0 Å². The van der Waals surface area contributed by atoms with E-state index in [0.717, 1.165) is 17.8 Å². The third-order valence-electron chi connectivity index (χ3n) is 3.66. The van der Waals surface area contributed by atoms with Crippen molar-refractivity contribution in [1.82, 2.24) is 4.98 Å². The van der Waals surface area contributed by atoms with Crippen molar-refractivity contribution in [2.24, 2.45) is 0 Å². The zero-order valence-corrected chi connectivity index (χ0v) is 16.9. The molecule has 1 nitrogen and oxygen atoms in total. The molecule has 0 aliphatic carbocycles. The molecule has 117 valence electrons. The fourth-order valence-corrected chi connectivity index (χ4v) is 3.24. The van der Waals surface area contributed by atoms with Gasteiger partial charge in [0.25, 0.3) is 0 Å². The Morgan fingerprint density at radius 1 is 1.14 bits per heavy atom. The summed E-state index contributed by atoms with van der Waals surface area (Å²) >= 11 is 1.86. The van der Waals surface area contributed by atoms with Gasteiger partial charge in [0, 0.05) is 36.9 Å². The maximum atomic E-state index is 4.80. The molecule has 0 bridgehead atoms. The third-order valence-corrected chi connectivity index (χ3v) is 5.45. The number of thiophene rings is 1. The molecule has 3 heteroatoms. The minimum Gasteiger partial charge on any atom is -0.265 e. The fourth-order valence-electron chi connectivity index (χ4n) is 2.12. The van der Waals surface area contributed by atoms with Crippen LogP contribution in [-0.4, -0.2) is 4.98 Å². The van der Waals surface area contributed by atoms with Gasteiger partial charge >= 0.3 is 0 Å². The summed E-state index contributed by atoms with van der Waals surface area (Å²) in [4.78, 5) is 7.45. The van der Waals surface area contributed by atoms with Gasteiger partial charge in [0.1, 0.15) is 0 Å². The van der Waals surface area contributed by atoms with Gasteiger partial charge < -0.3 is 0 Å². The average molecular weight is 479 g/mol. The second-order valence-corrected chi connectivity index (χ2v) is 7.88. The van der Waals surface area contributed by atoms with E-state index in [1.54, 1.807) is 0 Å². The number of rotatable bonds is 3. The van der Waals surface area contributed by atoms with Crippen LogP contribution < -0.4 is 0 Å². The van der Waals surface area contributed by atoms with Crippen LogP contribution in [0.2, 0.25) is 0 Å².